The SMILES string of the molecule is O=C(CCn1cnc2ccccc21)Nc1cccc([N+](=O)[O-])c1. The lowest BCUT2D eigenvalue weighted by molar-refractivity contribution is -0.384. The molecule has 116 valence electrons. The average Bonchev–Trinajstić information content (AvgIpc) is 2.96. The summed E-state index contributed by atoms with van der Waals surface area (Å²) in [6.45, 7) is 0.487. The molecule has 1 N–H and O–H groups in total. The van der Waals surface area contributed by atoms with Gasteiger partial charge in [-0.3, -0.25) is 14.9 Å². The number of carbonyl (C=O) groups is 1. The van der Waals surface area contributed by atoms with Crippen LogP contribution in [-0.2, 0) is 11.3 Å². The molecule has 0 spiro atoms. The fourth-order valence-corrected chi connectivity index (χ4v) is 2.33. The number of amides is 1. The number of aromatic nitrogens is 2. The monoisotopic (exact) mass is 310 g/mol. The molecule has 0 saturated carbocycles. The van der Waals surface area contributed by atoms with Crippen LogP contribution in [0.2, 0.25) is 0 Å². The smallest absolute Gasteiger partial charge is 0.271 e. The van der Waals surface area contributed by atoms with Gasteiger partial charge in [0.05, 0.1) is 22.3 Å². The van der Waals surface area contributed by atoms with Crippen molar-refractivity contribution >= 4 is 28.3 Å². The van der Waals surface area contributed by atoms with E-state index in [1.165, 1.54) is 18.2 Å². The molecule has 0 atom stereocenters. The van der Waals surface area contributed by atoms with E-state index in [0.29, 0.717) is 12.2 Å². The molecule has 0 radical (unpaired) electrons. The standard InChI is InChI=1S/C16H14N4O3/c21-16(18-12-4-3-5-13(10-12)20(22)23)8-9-19-11-17-14-6-1-2-7-15(14)19/h1-7,10-11H,8-9H2,(H,18,21). The Bertz CT molecular complexity index is 872. The lowest BCUT2D eigenvalue weighted by Crippen LogP contribution is -2.14. The number of nitrogens with one attached hydrogen (secondary N) is 1. The van der Waals surface area contributed by atoms with Crippen LogP contribution in [0.1, 0.15) is 6.42 Å². The van der Waals surface area contributed by atoms with E-state index in [1.807, 2.05) is 28.8 Å². The Morgan fingerprint density at radius 3 is 2.87 bits per heavy atom. The van der Waals surface area contributed by atoms with Crippen molar-refractivity contribution in [1.82, 2.24) is 9.55 Å². The quantitative estimate of drug-likeness (QED) is 0.579. The van der Waals surface area contributed by atoms with E-state index in [2.05, 4.69) is 10.3 Å². The minimum atomic E-state index is -0.493. The third-order valence-electron chi connectivity index (χ3n) is 3.45. The van der Waals surface area contributed by atoms with E-state index in [1.54, 1.807) is 12.4 Å². The Balaban J connectivity index is 1.64. The van der Waals surface area contributed by atoms with Gasteiger partial charge in [0.25, 0.3) is 5.69 Å². The molecule has 0 aliphatic heterocycles. The van der Waals surface area contributed by atoms with Crippen molar-refractivity contribution in [2.45, 2.75) is 13.0 Å². The van der Waals surface area contributed by atoms with Crippen LogP contribution in [0.3, 0.4) is 0 Å². The number of carbonyl (C=O) groups excluding carboxylic acids is 1. The zero-order valence-corrected chi connectivity index (χ0v) is 12.2. The largest absolute Gasteiger partial charge is 0.330 e. The molecular formula is C16H14N4O3. The van der Waals surface area contributed by atoms with Crippen molar-refractivity contribution in [3.63, 3.8) is 0 Å². The van der Waals surface area contributed by atoms with Crippen molar-refractivity contribution in [1.29, 1.82) is 0 Å². The van der Waals surface area contributed by atoms with Crippen LogP contribution in [0.5, 0.6) is 0 Å². The van der Waals surface area contributed by atoms with Crippen molar-refractivity contribution in [2.24, 2.45) is 0 Å². The Morgan fingerprint density at radius 2 is 2.04 bits per heavy atom. The fourth-order valence-electron chi connectivity index (χ4n) is 2.33. The first-order chi connectivity index (χ1) is 11.1. The number of hydrogen-bond acceptors (Lipinski definition) is 4. The number of nitro groups is 1. The molecule has 0 aliphatic rings. The van der Waals surface area contributed by atoms with Gasteiger partial charge in [0.2, 0.25) is 5.91 Å². The summed E-state index contributed by atoms with van der Waals surface area (Å²) in [5.41, 5.74) is 2.21. The third-order valence-corrected chi connectivity index (χ3v) is 3.45. The molecule has 1 heterocycles. The molecule has 7 nitrogen and oxygen atoms in total. The van der Waals surface area contributed by atoms with Gasteiger partial charge in [-0.15, -0.1) is 0 Å². The predicted octanol–water partition coefficient (Wildman–Crippen LogP) is 2.97. The molecule has 0 bridgehead atoms. The number of aryl methyl sites for hydroxylation is 1. The van der Waals surface area contributed by atoms with Gasteiger partial charge >= 0.3 is 0 Å². The van der Waals surface area contributed by atoms with Gasteiger partial charge in [-0.25, -0.2) is 4.98 Å². The first-order valence-electron chi connectivity index (χ1n) is 7.07. The number of rotatable bonds is 5. The lowest BCUT2D eigenvalue weighted by atomic mass is 10.2. The van der Waals surface area contributed by atoms with Crippen LogP contribution in [0.15, 0.2) is 54.9 Å². The first kappa shape index (κ1) is 14.7. The molecule has 7 heteroatoms. The highest BCUT2D eigenvalue weighted by Gasteiger charge is 2.09. The number of fused-ring (bicyclic) bond motifs is 1. The highest BCUT2D eigenvalue weighted by molar-refractivity contribution is 5.91. The minimum Gasteiger partial charge on any atom is -0.330 e. The van der Waals surface area contributed by atoms with E-state index < -0.39 is 4.92 Å². The Labute approximate surface area is 131 Å². The number of hydrogen-bond donors (Lipinski definition) is 1. The van der Waals surface area contributed by atoms with E-state index >= 15 is 0 Å². The summed E-state index contributed by atoms with van der Waals surface area (Å²) in [7, 11) is 0. The van der Waals surface area contributed by atoms with Crippen LogP contribution in [0, 0.1) is 10.1 Å². The second-order valence-corrected chi connectivity index (χ2v) is 5.03. The summed E-state index contributed by atoms with van der Waals surface area (Å²) in [6, 6.07) is 13.6. The normalized spacial score (nSPS) is 10.6. The number of imidazole rings is 1. The van der Waals surface area contributed by atoms with E-state index in [0.717, 1.165) is 11.0 Å². The number of non-ortho nitro benzene ring substituents is 1. The average molecular weight is 310 g/mol. The molecule has 0 aliphatic carbocycles. The third kappa shape index (κ3) is 3.34. The van der Waals surface area contributed by atoms with Crippen molar-refractivity contribution in [2.75, 3.05) is 5.32 Å². The van der Waals surface area contributed by atoms with Crippen LogP contribution in [0.4, 0.5) is 11.4 Å². The molecule has 1 aromatic heterocycles. The predicted molar refractivity (Wildman–Crippen MR) is 86.1 cm³/mol. The highest BCUT2D eigenvalue weighted by atomic mass is 16.6. The topological polar surface area (TPSA) is 90.1 Å². The minimum absolute atomic E-state index is 0.0524. The lowest BCUT2D eigenvalue weighted by Gasteiger charge is -2.06. The Kier molecular flexibility index (Phi) is 4.01. The summed E-state index contributed by atoms with van der Waals surface area (Å²) in [5, 5.41) is 13.4. The number of nitrogens with zero attached hydrogens (tertiary/aromatic N) is 3. The van der Waals surface area contributed by atoms with Crippen LogP contribution in [0.25, 0.3) is 11.0 Å². The second kappa shape index (κ2) is 6.27. The molecule has 3 rings (SSSR count). The summed E-state index contributed by atoms with van der Waals surface area (Å²) in [4.78, 5) is 26.5. The summed E-state index contributed by atoms with van der Waals surface area (Å²) < 4.78 is 1.91. The van der Waals surface area contributed by atoms with Gasteiger partial charge in [0.1, 0.15) is 0 Å². The van der Waals surface area contributed by atoms with Crippen molar-refractivity contribution < 1.29 is 9.72 Å². The van der Waals surface area contributed by atoms with Gasteiger partial charge in [0.15, 0.2) is 0 Å². The number of anilines is 1. The van der Waals surface area contributed by atoms with Crippen LogP contribution < -0.4 is 5.32 Å². The van der Waals surface area contributed by atoms with Gasteiger partial charge in [-0.1, -0.05) is 18.2 Å². The molecule has 0 saturated heterocycles. The molecule has 0 unspecified atom stereocenters. The molecule has 23 heavy (non-hydrogen) atoms. The first-order valence-corrected chi connectivity index (χ1v) is 7.07. The second-order valence-electron chi connectivity index (χ2n) is 5.03. The van der Waals surface area contributed by atoms with Crippen molar-refractivity contribution in [3.8, 4) is 0 Å². The Morgan fingerprint density at radius 1 is 1.22 bits per heavy atom. The maximum absolute atomic E-state index is 12.0. The van der Waals surface area contributed by atoms with Crippen LogP contribution in [-0.4, -0.2) is 20.4 Å². The summed E-state index contributed by atoms with van der Waals surface area (Å²) >= 11 is 0. The maximum Gasteiger partial charge on any atom is 0.271 e. The Hall–Kier alpha value is -3.22. The highest BCUT2D eigenvalue weighted by Crippen LogP contribution is 2.17. The number of nitro benzene ring substituents is 1. The zero-order chi connectivity index (χ0) is 16.2. The maximum atomic E-state index is 12.0. The summed E-state index contributed by atoms with van der Waals surface area (Å²) in [6.07, 6.45) is 1.95. The van der Waals surface area contributed by atoms with Gasteiger partial charge in [0, 0.05) is 30.8 Å². The zero-order valence-electron chi connectivity index (χ0n) is 12.2. The molecular weight excluding hydrogens is 296 g/mol. The van der Waals surface area contributed by atoms with E-state index in [-0.39, 0.29) is 18.0 Å². The van der Waals surface area contributed by atoms with Crippen molar-refractivity contribution in [3.05, 3.63) is 65.0 Å². The van der Waals surface area contributed by atoms with E-state index in [4.69, 9.17) is 0 Å². The molecule has 3 aromatic rings. The molecule has 0 fully saturated rings. The van der Waals surface area contributed by atoms with Gasteiger partial charge in [-0.2, -0.15) is 0 Å². The number of para-hydroxylation sites is 2. The fraction of sp³-hybridized carbons (Fsp3) is 0.125. The van der Waals surface area contributed by atoms with Gasteiger partial charge < -0.3 is 9.88 Å². The molecule has 1 amide bonds. The summed E-state index contributed by atoms with van der Waals surface area (Å²) in [5.74, 6) is -0.205. The van der Waals surface area contributed by atoms with Crippen LogP contribution >= 0.6 is 0 Å². The van der Waals surface area contributed by atoms with E-state index in [9.17, 15) is 14.9 Å². The number of benzene rings is 2. The van der Waals surface area contributed by atoms with Gasteiger partial charge in [-0.05, 0) is 18.2 Å². The molecule has 2 aromatic carbocycles.